The Kier molecular flexibility index (Phi) is 11.5. The van der Waals surface area contributed by atoms with Gasteiger partial charge in [-0.05, 0) is 66.1 Å². The van der Waals surface area contributed by atoms with Crippen molar-refractivity contribution in [2.45, 2.75) is 19.7 Å². The Morgan fingerprint density at radius 2 is 2.14 bits per heavy atom. The van der Waals surface area contributed by atoms with E-state index in [1.807, 2.05) is 43.3 Å². The number of allylic oxidation sites excluding steroid dienone is 3. The van der Waals surface area contributed by atoms with Gasteiger partial charge in [0.25, 0.3) is 0 Å². The normalized spacial score (nSPS) is 11.1. The van der Waals surface area contributed by atoms with E-state index >= 15 is 0 Å². The van der Waals surface area contributed by atoms with Gasteiger partial charge in [0, 0.05) is 11.3 Å². The van der Waals surface area contributed by atoms with Gasteiger partial charge in [0.15, 0.2) is 0 Å². The highest BCUT2D eigenvalue weighted by molar-refractivity contribution is 9.11. The number of rotatable bonds is 8. The van der Waals surface area contributed by atoms with Gasteiger partial charge < -0.3 is 20.7 Å². The molecule has 4 N–H and O–H groups in total. The minimum atomic E-state index is -0.501. The molecule has 2 aromatic rings. The molecule has 0 atom stereocenters. The molecule has 0 amide bonds. The predicted molar refractivity (Wildman–Crippen MR) is 122 cm³/mol. The van der Waals surface area contributed by atoms with Crippen LogP contribution in [0.25, 0.3) is 0 Å². The lowest BCUT2D eigenvalue weighted by Gasteiger charge is -2.02. The molecule has 150 valence electrons. The second-order valence-electron chi connectivity index (χ2n) is 5.72. The summed E-state index contributed by atoms with van der Waals surface area (Å²) in [6.07, 6.45) is 7.15. The first-order chi connectivity index (χ1) is 13.4. The standard InChI is InChI=1S/C12H9BrO2S.C8H17BN2O/c1-15-9-4-2-3-8(7-9)12(14)10-5-6-11(13)16-10;1-3-4-5-8(10)6-7-9(12)11-2/h2-7H,1H3;4-6,11-12H,3,7,10H2,1-2H3/b;5-4-,8-6+. The summed E-state index contributed by atoms with van der Waals surface area (Å²) in [6, 6.07) is 10.9. The van der Waals surface area contributed by atoms with E-state index in [2.05, 4.69) is 21.2 Å². The molecule has 0 radical (unpaired) electrons. The molecule has 2 rings (SSSR count). The number of hydrogen-bond acceptors (Lipinski definition) is 6. The monoisotopic (exact) mass is 464 g/mol. The van der Waals surface area contributed by atoms with Gasteiger partial charge in [-0.1, -0.05) is 31.2 Å². The summed E-state index contributed by atoms with van der Waals surface area (Å²) in [7, 11) is 2.79. The molecule has 0 aliphatic rings. The van der Waals surface area contributed by atoms with Crippen LogP contribution >= 0.6 is 27.3 Å². The Morgan fingerprint density at radius 1 is 1.39 bits per heavy atom. The highest BCUT2D eigenvalue weighted by Crippen LogP contribution is 2.25. The lowest BCUT2D eigenvalue weighted by atomic mass is 9.79. The second-order valence-corrected chi connectivity index (χ2v) is 8.18. The molecule has 1 heterocycles. The number of ether oxygens (including phenoxy) is 1. The van der Waals surface area contributed by atoms with Crippen molar-refractivity contribution in [1.82, 2.24) is 5.23 Å². The van der Waals surface area contributed by atoms with Gasteiger partial charge in [-0.15, -0.1) is 11.3 Å². The molecule has 28 heavy (non-hydrogen) atoms. The fourth-order valence-electron chi connectivity index (χ4n) is 2.03. The molecule has 0 aliphatic heterocycles. The van der Waals surface area contributed by atoms with E-state index in [0.717, 1.165) is 15.1 Å². The van der Waals surface area contributed by atoms with Crippen molar-refractivity contribution < 1.29 is 14.6 Å². The molecule has 0 saturated heterocycles. The van der Waals surface area contributed by atoms with Crippen LogP contribution < -0.4 is 15.7 Å². The number of carbonyl (C=O) groups is 1. The van der Waals surface area contributed by atoms with Crippen LogP contribution in [0.3, 0.4) is 0 Å². The molecule has 1 aromatic carbocycles. The van der Waals surface area contributed by atoms with Crippen LogP contribution in [-0.4, -0.2) is 32.0 Å². The summed E-state index contributed by atoms with van der Waals surface area (Å²) in [5, 5.41) is 11.8. The van der Waals surface area contributed by atoms with Gasteiger partial charge in [0.2, 0.25) is 5.78 Å². The summed E-state index contributed by atoms with van der Waals surface area (Å²) in [6.45, 7) is 2.05. The number of ketones is 1. The fraction of sp³-hybridized carbons (Fsp3) is 0.250. The smallest absolute Gasteiger partial charge is 0.380 e. The number of benzene rings is 1. The number of halogens is 1. The van der Waals surface area contributed by atoms with Gasteiger partial charge in [-0.3, -0.25) is 4.79 Å². The summed E-state index contributed by atoms with van der Waals surface area (Å²) in [5.41, 5.74) is 6.95. The quantitative estimate of drug-likeness (QED) is 0.309. The summed E-state index contributed by atoms with van der Waals surface area (Å²) in [4.78, 5) is 12.8. The van der Waals surface area contributed by atoms with Crippen molar-refractivity contribution in [1.29, 1.82) is 0 Å². The Morgan fingerprint density at radius 3 is 2.71 bits per heavy atom. The minimum Gasteiger partial charge on any atom is -0.497 e. The number of nitrogens with one attached hydrogen (secondary N) is 1. The second kappa shape index (κ2) is 13.3. The van der Waals surface area contributed by atoms with Gasteiger partial charge in [0.1, 0.15) is 5.75 Å². The van der Waals surface area contributed by atoms with E-state index in [0.29, 0.717) is 23.3 Å². The van der Waals surface area contributed by atoms with Crippen LogP contribution in [0, 0.1) is 0 Å². The predicted octanol–water partition coefficient (Wildman–Crippen LogP) is 4.25. The fourth-order valence-corrected chi connectivity index (χ4v) is 3.38. The Balaban J connectivity index is 0.000000295. The van der Waals surface area contributed by atoms with Crippen molar-refractivity contribution in [3.8, 4) is 5.75 Å². The topological polar surface area (TPSA) is 84.6 Å². The van der Waals surface area contributed by atoms with Crippen molar-refractivity contribution >= 4 is 40.1 Å². The average Bonchev–Trinajstić information content (AvgIpc) is 3.16. The summed E-state index contributed by atoms with van der Waals surface area (Å²) >= 11 is 4.77. The van der Waals surface area contributed by atoms with Crippen molar-refractivity contribution in [3.05, 3.63) is 74.6 Å². The molecule has 1 aromatic heterocycles. The van der Waals surface area contributed by atoms with Gasteiger partial charge in [-0.2, -0.15) is 0 Å². The molecule has 0 unspecified atom stereocenters. The van der Waals surface area contributed by atoms with E-state index < -0.39 is 7.05 Å². The van der Waals surface area contributed by atoms with Crippen LogP contribution in [0.2, 0.25) is 6.32 Å². The molecule has 0 bridgehead atoms. The zero-order valence-electron chi connectivity index (χ0n) is 16.3. The first kappa shape index (κ1) is 24.2. The van der Waals surface area contributed by atoms with E-state index in [1.54, 1.807) is 32.4 Å². The summed E-state index contributed by atoms with van der Waals surface area (Å²) in [5.74, 6) is 0.719. The third-order valence-corrected chi connectivity index (χ3v) is 5.21. The van der Waals surface area contributed by atoms with Crippen LogP contribution in [0.5, 0.6) is 5.75 Å². The largest absolute Gasteiger partial charge is 0.497 e. The maximum atomic E-state index is 12.1. The Hall–Kier alpha value is -1.87. The first-order valence-corrected chi connectivity index (χ1v) is 10.4. The first-order valence-electron chi connectivity index (χ1n) is 8.82. The van der Waals surface area contributed by atoms with Crippen LogP contribution in [-0.2, 0) is 0 Å². The number of nitrogens with two attached hydrogens (primary N) is 1. The maximum absolute atomic E-state index is 12.1. The number of methoxy groups -OCH3 is 1. The van der Waals surface area contributed by atoms with E-state index in [9.17, 15) is 4.79 Å². The number of carbonyl (C=O) groups excluding carboxylic acids is 1. The van der Waals surface area contributed by atoms with Gasteiger partial charge in [-0.25, -0.2) is 0 Å². The molecule has 8 heteroatoms. The van der Waals surface area contributed by atoms with E-state index in [1.165, 1.54) is 11.3 Å². The highest BCUT2D eigenvalue weighted by atomic mass is 79.9. The average molecular weight is 465 g/mol. The third kappa shape index (κ3) is 8.88. The number of thiophene rings is 1. The Bertz CT molecular complexity index is 808. The van der Waals surface area contributed by atoms with Crippen molar-refractivity contribution in [2.24, 2.45) is 5.73 Å². The zero-order chi connectivity index (χ0) is 20.9. The van der Waals surface area contributed by atoms with Gasteiger partial charge in [0.05, 0.1) is 15.8 Å². The Labute approximate surface area is 179 Å². The molecular formula is C20H26BBrN2O3S. The van der Waals surface area contributed by atoms with Gasteiger partial charge >= 0.3 is 7.05 Å². The van der Waals surface area contributed by atoms with Crippen LogP contribution in [0.15, 0.2) is 64.1 Å². The zero-order valence-corrected chi connectivity index (χ0v) is 18.7. The van der Waals surface area contributed by atoms with Crippen LogP contribution in [0.1, 0.15) is 28.6 Å². The maximum Gasteiger partial charge on any atom is 0.380 e. The molecule has 0 fully saturated rings. The molecular weight excluding hydrogens is 439 g/mol. The molecule has 0 saturated carbocycles. The minimum absolute atomic E-state index is 0.0228. The van der Waals surface area contributed by atoms with Crippen molar-refractivity contribution in [3.63, 3.8) is 0 Å². The lowest BCUT2D eigenvalue weighted by Crippen LogP contribution is -2.29. The molecule has 5 nitrogen and oxygen atoms in total. The SMILES string of the molecule is CC/C=C\C(N)=C/CB(O)NC.COc1cccc(C(=O)c2ccc(Br)s2)c1. The third-order valence-electron chi connectivity index (χ3n) is 3.58. The molecule has 0 spiro atoms. The van der Waals surface area contributed by atoms with Crippen LogP contribution in [0.4, 0.5) is 0 Å². The lowest BCUT2D eigenvalue weighted by molar-refractivity contribution is 0.104. The van der Waals surface area contributed by atoms with E-state index in [-0.39, 0.29) is 5.78 Å². The molecule has 0 aliphatic carbocycles. The van der Waals surface area contributed by atoms with E-state index in [4.69, 9.17) is 15.5 Å². The van der Waals surface area contributed by atoms with Crippen molar-refractivity contribution in [2.75, 3.05) is 14.2 Å². The highest BCUT2D eigenvalue weighted by Gasteiger charge is 2.11. The summed E-state index contributed by atoms with van der Waals surface area (Å²) < 4.78 is 6.05. The number of hydrogen-bond donors (Lipinski definition) is 3.